The summed E-state index contributed by atoms with van der Waals surface area (Å²) in [4.78, 5) is 12.2. The maximum absolute atomic E-state index is 12.4. The molecule has 2 aromatic rings. The molecule has 7 heteroatoms. The highest BCUT2D eigenvalue weighted by atomic mass is 32.2. The minimum absolute atomic E-state index is 0.0285. The average Bonchev–Trinajstić information content (AvgIpc) is 3.23. The Morgan fingerprint density at radius 2 is 1.68 bits per heavy atom. The van der Waals surface area contributed by atoms with Gasteiger partial charge in [0.25, 0.3) is 5.91 Å². The van der Waals surface area contributed by atoms with E-state index >= 15 is 0 Å². The molecule has 1 N–H and O–H groups in total. The van der Waals surface area contributed by atoms with Gasteiger partial charge in [-0.2, -0.15) is 0 Å². The number of nitrogens with zero attached hydrogens (tertiary/aromatic N) is 1. The molecule has 28 heavy (non-hydrogen) atoms. The van der Waals surface area contributed by atoms with Crippen molar-refractivity contribution < 1.29 is 17.9 Å². The van der Waals surface area contributed by atoms with Gasteiger partial charge >= 0.3 is 0 Å². The lowest BCUT2D eigenvalue weighted by molar-refractivity contribution is 0.0947. The van der Waals surface area contributed by atoms with Crippen LogP contribution in [0, 0.1) is 6.92 Å². The highest BCUT2D eigenvalue weighted by Crippen LogP contribution is 2.17. The largest absolute Gasteiger partial charge is 0.492 e. The normalized spacial score (nSPS) is 14.8. The first-order valence-corrected chi connectivity index (χ1v) is 11.1. The maximum atomic E-state index is 12.4. The van der Waals surface area contributed by atoms with Gasteiger partial charge in [0, 0.05) is 18.7 Å². The third kappa shape index (κ3) is 5.56. The number of carbonyl (C=O) groups excluding carboxylic acids is 1. The standard InChI is InChI=1S/C21H26N2O4S/c1-17-4-10-20(11-5-17)27-15-12-22-21(24)19-8-6-18(7-9-19)16-28(25,26)23-13-2-3-14-23/h4-11H,2-3,12-16H2,1H3,(H,22,24). The second-order valence-corrected chi connectivity index (χ2v) is 8.95. The van der Waals surface area contributed by atoms with Crippen LogP contribution in [0.1, 0.15) is 34.3 Å². The number of amides is 1. The number of sulfonamides is 1. The van der Waals surface area contributed by atoms with Gasteiger partial charge in [0.2, 0.25) is 10.0 Å². The summed E-state index contributed by atoms with van der Waals surface area (Å²) in [6, 6.07) is 14.4. The van der Waals surface area contributed by atoms with Gasteiger partial charge in [-0.05, 0) is 49.6 Å². The van der Waals surface area contributed by atoms with E-state index in [1.807, 2.05) is 31.2 Å². The van der Waals surface area contributed by atoms with Gasteiger partial charge < -0.3 is 10.1 Å². The Morgan fingerprint density at radius 1 is 1.04 bits per heavy atom. The van der Waals surface area contributed by atoms with E-state index in [4.69, 9.17) is 4.74 Å². The molecule has 1 aliphatic rings. The van der Waals surface area contributed by atoms with Crippen molar-refractivity contribution in [1.29, 1.82) is 0 Å². The number of hydrogen-bond acceptors (Lipinski definition) is 4. The van der Waals surface area contributed by atoms with Gasteiger partial charge in [0.05, 0.1) is 12.3 Å². The molecule has 1 heterocycles. The topological polar surface area (TPSA) is 75.7 Å². The molecule has 150 valence electrons. The van der Waals surface area contributed by atoms with Crippen molar-refractivity contribution in [1.82, 2.24) is 9.62 Å². The number of nitrogens with one attached hydrogen (secondary N) is 1. The van der Waals surface area contributed by atoms with E-state index in [-0.39, 0.29) is 11.7 Å². The Labute approximate surface area is 166 Å². The van der Waals surface area contributed by atoms with Crippen LogP contribution in [0.15, 0.2) is 48.5 Å². The first kappa shape index (κ1) is 20.4. The van der Waals surface area contributed by atoms with E-state index in [1.54, 1.807) is 28.6 Å². The molecule has 0 aromatic heterocycles. The quantitative estimate of drug-likeness (QED) is 0.689. The van der Waals surface area contributed by atoms with Crippen LogP contribution in [0.5, 0.6) is 5.75 Å². The van der Waals surface area contributed by atoms with Crippen LogP contribution in [0.3, 0.4) is 0 Å². The van der Waals surface area contributed by atoms with E-state index in [9.17, 15) is 13.2 Å². The Kier molecular flexibility index (Phi) is 6.70. The van der Waals surface area contributed by atoms with Crippen LogP contribution in [0.25, 0.3) is 0 Å². The summed E-state index contributed by atoms with van der Waals surface area (Å²) in [7, 11) is -3.28. The van der Waals surface area contributed by atoms with Crippen LogP contribution in [-0.2, 0) is 15.8 Å². The molecule has 2 aromatic carbocycles. The average molecular weight is 403 g/mol. The minimum Gasteiger partial charge on any atom is -0.492 e. The highest BCUT2D eigenvalue weighted by Gasteiger charge is 2.25. The lowest BCUT2D eigenvalue weighted by Gasteiger charge is -2.15. The Bertz CT molecular complexity index is 887. The third-order valence-corrected chi connectivity index (χ3v) is 6.55. The van der Waals surface area contributed by atoms with Crippen molar-refractivity contribution in [3.05, 3.63) is 65.2 Å². The van der Waals surface area contributed by atoms with Crippen molar-refractivity contribution in [3.63, 3.8) is 0 Å². The summed E-state index contributed by atoms with van der Waals surface area (Å²) in [6.07, 6.45) is 1.85. The molecular weight excluding hydrogens is 376 g/mol. The predicted octanol–water partition coefficient (Wildman–Crippen LogP) is 2.73. The van der Waals surface area contributed by atoms with Crippen LogP contribution in [0.2, 0.25) is 0 Å². The van der Waals surface area contributed by atoms with Crippen molar-refractivity contribution in [2.75, 3.05) is 26.2 Å². The van der Waals surface area contributed by atoms with Gasteiger partial charge in [-0.1, -0.05) is 29.8 Å². The van der Waals surface area contributed by atoms with Gasteiger partial charge in [-0.3, -0.25) is 4.79 Å². The Balaban J connectivity index is 1.46. The third-order valence-electron chi connectivity index (χ3n) is 4.70. The molecule has 0 aliphatic carbocycles. The highest BCUT2D eigenvalue weighted by molar-refractivity contribution is 7.88. The van der Waals surface area contributed by atoms with Crippen LogP contribution in [-0.4, -0.2) is 44.9 Å². The smallest absolute Gasteiger partial charge is 0.251 e. The monoisotopic (exact) mass is 402 g/mol. The summed E-state index contributed by atoms with van der Waals surface area (Å²) in [5.41, 5.74) is 2.35. The summed E-state index contributed by atoms with van der Waals surface area (Å²) in [5, 5.41) is 2.80. The molecule has 1 saturated heterocycles. The molecule has 1 amide bonds. The van der Waals surface area contributed by atoms with E-state index < -0.39 is 10.0 Å². The van der Waals surface area contributed by atoms with Crippen molar-refractivity contribution >= 4 is 15.9 Å². The Morgan fingerprint density at radius 3 is 2.32 bits per heavy atom. The molecule has 3 rings (SSSR count). The Hall–Kier alpha value is -2.38. The van der Waals surface area contributed by atoms with Gasteiger partial charge in [0.15, 0.2) is 0 Å². The fourth-order valence-corrected chi connectivity index (χ4v) is 4.70. The second kappa shape index (κ2) is 9.21. The molecule has 0 unspecified atom stereocenters. The molecule has 6 nitrogen and oxygen atoms in total. The molecule has 0 radical (unpaired) electrons. The number of ether oxygens (including phenoxy) is 1. The van der Waals surface area contributed by atoms with E-state index in [2.05, 4.69) is 5.32 Å². The first-order valence-electron chi connectivity index (χ1n) is 9.48. The number of benzene rings is 2. The molecule has 0 spiro atoms. The number of carbonyl (C=O) groups is 1. The zero-order valence-corrected chi connectivity index (χ0v) is 16.9. The molecule has 0 bridgehead atoms. The first-order chi connectivity index (χ1) is 13.4. The number of rotatable bonds is 8. The molecule has 1 fully saturated rings. The maximum Gasteiger partial charge on any atom is 0.251 e. The molecule has 0 saturated carbocycles. The van der Waals surface area contributed by atoms with E-state index in [0.29, 0.717) is 37.4 Å². The van der Waals surface area contributed by atoms with Crippen molar-refractivity contribution in [2.24, 2.45) is 0 Å². The van der Waals surface area contributed by atoms with E-state index in [1.165, 1.54) is 0 Å². The molecule has 1 aliphatic heterocycles. The second-order valence-electron chi connectivity index (χ2n) is 6.98. The zero-order valence-electron chi connectivity index (χ0n) is 16.1. The predicted molar refractivity (Wildman–Crippen MR) is 109 cm³/mol. The fraction of sp³-hybridized carbons (Fsp3) is 0.381. The number of hydrogen-bond donors (Lipinski definition) is 1. The van der Waals surface area contributed by atoms with E-state index in [0.717, 1.165) is 24.2 Å². The van der Waals surface area contributed by atoms with Gasteiger partial charge in [-0.15, -0.1) is 0 Å². The van der Waals surface area contributed by atoms with Crippen LogP contribution < -0.4 is 10.1 Å². The minimum atomic E-state index is -3.28. The fourth-order valence-electron chi connectivity index (χ4n) is 3.09. The lowest BCUT2D eigenvalue weighted by atomic mass is 10.1. The van der Waals surface area contributed by atoms with Crippen molar-refractivity contribution in [2.45, 2.75) is 25.5 Å². The van der Waals surface area contributed by atoms with Crippen molar-refractivity contribution in [3.8, 4) is 5.75 Å². The van der Waals surface area contributed by atoms with Crippen LogP contribution >= 0.6 is 0 Å². The summed E-state index contributed by atoms with van der Waals surface area (Å²) in [6.45, 7) is 3.98. The summed E-state index contributed by atoms with van der Waals surface area (Å²) >= 11 is 0. The number of aryl methyl sites for hydroxylation is 1. The zero-order chi connectivity index (χ0) is 20.0. The summed E-state index contributed by atoms with van der Waals surface area (Å²) in [5.74, 6) is 0.532. The molecule has 0 atom stereocenters. The van der Waals surface area contributed by atoms with Gasteiger partial charge in [-0.25, -0.2) is 12.7 Å². The lowest BCUT2D eigenvalue weighted by Crippen LogP contribution is -2.29. The van der Waals surface area contributed by atoms with Crippen LogP contribution in [0.4, 0.5) is 0 Å². The SMILES string of the molecule is Cc1ccc(OCCNC(=O)c2ccc(CS(=O)(=O)N3CCCC3)cc2)cc1. The summed E-state index contributed by atoms with van der Waals surface area (Å²) < 4.78 is 31.9. The molecular formula is C21H26N2O4S. The van der Waals surface area contributed by atoms with Gasteiger partial charge in [0.1, 0.15) is 12.4 Å².